The molecular weight excluding hydrogens is 1010 g/mol. The van der Waals surface area contributed by atoms with Crippen LogP contribution >= 0.6 is 11.3 Å². The first-order valence-corrected chi connectivity index (χ1v) is 28.7. The van der Waals surface area contributed by atoms with Gasteiger partial charge in [-0.05, 0) is 97.4 Å². The molecule has 7 aromatic rings. The molecular formula is C59H68FN11O6S. The first kappa shape index (κ1) is 51.9. The topological polar surface area (TPSA) is 198 Å². The number of amides is 2. The Morgan fingerprint density at radius 1 is 0.974 bits per heavy atom. The number of benzene rings is 3. The highest BCUT2D eigenvalue weighted by Gasteiger charge is 2.45. The van der Waals surface area contributed by atoms with Gasteiger partial charge < -0.3 is 44.8 Å². The number of hydrogen-bond donors (Lipinski definition) is 4. The van der Waals surface area contributed by atoms with Crippen LogP contribution in [0.4, 0.5) is 16.0 Å². The molecule has 4 aromatic heterocycles. The van der Waals surface area contributed by atoms with Gasteiger partial charge in [-0.2, -0.15) is 9.97 Å². The molecule has 5 aliphatic rings. The van der Waals surface area contributed by atoms with Gasteiger partial charge >= 0.3 is 6.01 Å². The van der Waals surface area contributed by atoms with Crippen LogP contribution in [0.5, 0.6) is 11.8 Å². The first-order valence-electron chi connectivity index (χ1n) is 27.8. The average Bonchev–Trinajstić information content (AvgIpc) is 4.42. The highest BCUT2D eigenvalue weighted by Crippen LogP contribution is 2.41. The van der Waals surface area contributed by atoms with Crippen molar-refractivity contribution in [2.24, 2.45) is 11.8 Å². The predicted molar refractivity (Wildman–Crippen MR) is 298 cm³/mol. The third-order valence-corrected chi connectivity index (χ3v) is 18.1. The zero-order chi connectivity index (χ0) is 53.9. The number of fused-ring (bicyclic) bond motifs is 5. The van der Waals surface area contributed by atoms with Gasteiger partial charge in [0, 0.05) is 88.2 Å². The summed E-state index contributed by atoms with van der Waals surface area (Å²) < 4.78 is 29.6. The Bertz CT molecular complexity index is 3360. The molecule has 0 saturated carbocycles. The number of aryl methyl sites for hydroxylation is 2. The fraction of sp³-hybridized carbons (Fsp3) is 0.475. The number of pyridine rings is 1. The van der Waals surface area contributed by atoms with Gasteiger partial charge in [-0.1, -0.05) is 68.4 Å². The van der Waals surface area contributed by atoms with E-state index in [1.54, 1.807) is 29.7 Å². The smallest absolute Gasteiger partial charge is 0.319 e. The molecule has 9 heterocycles. The minimum absolute atomic E-state index is 0.0340. The molecule has 4 N–H and O–H groups in total. The SMILES string of the molecule is CCc1cccc2cc(O)cc(-c3ncc4c(N5CC6CCC(C5)N6)nc(OCCN5CC[C@@H]6[C@@H](CCN6c6cc([C@@H](C(=O)N7C[C@H](O)C[C@H]7C(=O)N[C@@H](C)c7ccc(-c8scnc8C)cc7)C(C)C)on6)C5)nc4c3F)c12. The van der Waals surface area contributed by atoms with Crippen LogP contribution in [-0.2, 0) is 16.0 Å². The second-order valence-electron chi connectivity index (χ2n) is 22.5. The molecule has 12 rings (SSSR count). The number of piperazine rings is 1. The summed E-state index contributed by atoms with van der Waals surface area (Å²) in [7, 11) is 0. The van der Waals surface area contributed by atoms with Gasteiger partial charge in [0.1, 0.15) is 41.3 Å². The number of thiazole rings is 1. The number of aliphatic hydroxyl groups excluding tert-OH is 1. The number of carbonyl (C=O) groups excluding carboxylic acids is 2. The van der Waals surface area contributed by atoms with Crippen LogP contribution in [0.1, 0.15) is 94.3 Å². The average molecular weight is 1080 g/mol. The molecule has 0 aliphatic carbocycles. The summed E-state index contributed by atoms with van der Waals surface area (Å²) in [5.74, 6) is 0.123. The summed E-state index contributed by atoms with van der Waals surface area (Å²) in [5.41, 5.74) is 6.61. The number of nitrogens with zero attached hydrogens (tertiary/aromatic N) is 9. The lowest BCUT2D eigenvalue weighted by Gasteiger charge is -2.37. The molecule has 2 bridgehead atoms. The summed E-state index contributed by atoms with van der Waals surface area (Å²) in [6.07, 6.45) is 5.71. The van der Waals surface area contributed by atoms with E-state index in [2.05, 4.69) is 42.4 Å². The van der Waals surface area contributed by atoms with Crippen molar-refractivity contribution in [3.63, 3.8) is 0 Å². The molecule has 5 fully saturated rings. The van der Waals surface area contributed by atoms with Crippen molar-refractivity contribution < 1.29 is 33.5 Å². The van der Waals surface area contributed by atoms with E-state index in [1.165, 1.54) is 4.90 Å². The molecule has 78 heavy (non-hydrogen) atoms. The number of likely N-dealkylation sites (tertiary alicyclic amines) is 2. The van der Waals surface area contributed by atoms with Crippen LogP contribution in [-0.4, -0.2) is 140 Å². The summed E-state index contributed by atoms with van der Waals surface area (Å²) in [5, 5.41) is 35.2. The summed E-state index contributed by atoms with van der Waals surface area (Å²) in [6.45, 7) is 14.8. The minimum Gasteiger partial charge on any atom is -0.508 e. The number of ether oxygens (including phenoxy) is 1. The van der Waals surface area contributed by atoms with Crippen LogP contribution in [0, 0.1) is 24.6 Å². The molecule has 408 valence electrons. The van der Waals surface area contributed by atoms with Crippen LogP contribution in [0.3, 0.4) is 0 Å². The maximum absolute atomic E-state index is 17.2. The molecule has 19 heteroatoms. The van der Waals surface area contributed by atoms with E-state index in [4.69, 9.17) is 24.2 Å². The van der Waals surface area contributed by atoms with Crippen LogP contribution in [0.25, 0.3) is 43.4 Å². The van der Waals surface area contributed by atoms with Crippen molar-refractivity contribution >= 4 is 56.5 Å². The Morgan fingerprint density at radius 3 is 2.54 bits per heavy atom. The third-order valence-electron chi connectivity index (χ3n) is 17.1. The van der Waals surface area contributed by atoms with Crippen molar-refractivity contribution in [1.82, 2.24) is 45.5 Å². The summed E-state index contributed by atoms with van der Waals surface area (Å²) in [4.78, 5) is 56.8. The number of aliphatic hydroxyl groups is 1. The van der Waals surface area contributed by atoms with Crippen LogP contribution in [0.15, 0.2) is 76.9 Å². The molecule has 0 spiro atoms. The van der Waals surface area contributed by atoms with E-state index >= 15 is 4.39 Å². The van der Waals surface area contributed by atoms with Gasteiger partial charge in [0.25, 0.3) is 0 Å². The van der Waals surface area contributed by atoms with Gasteiger partial charge in [-0.3, -0.25) is 19.5 Å². The van der Waals surface area contributed by atoms with Crippen molar-refractivity contribution in [3.8, 4) is 33.5 Å². The van der Waals surface area contributed by atoms with E-state index < -0.39 is 23.9 Å². The number of carbonyl (C=O) groups is 2. The molecule has 2 amide bonds. The molecule has 0 radical (unpaired) electrons. The largest absolute Gasteiger partial charge is 0.508 e. The molecule has 17 nitrogen and oxygen atoms in total. The third kappa shape index (κ3) is 9.91. The second kappa shape index (κ2) is 21.4. The van der Waals surface area contributed by atoms with Gasteiger partial charge in [-0.25, -0.2) is 9.37 Å². The normalized spacial score (nSPS) is 23.2. The first-order chi connectivity index (χ1) is 37.8. The highest BCUT2D eigenvalue weighted by atomic mass is 32.1. The minimum atomic E-state index is -0.834. The van der Waals surface area contributed by atoms with Gasteiger partial charge in [0.2, 0.25) is 11.8 Å². The Hall–Kier alpha value is -6.80. The Labute approximate surface area is 457 Å². The maximum atomic E-state index is 17.2. The molecule has 5 aliphatic heterocycles. The zero-order valence-corrected chi connectivity index (χ0v) is 45.7. The number of hydrogen-bond acceptors (Lipinski definition) is 16. The number of rotatable bonds is 15. The van der Waals surface area contributed by atoms with E-state index in [0.29, 0.717) is 59.5 Å². The number of anilines is 2. The lowest BCUT2D eigenvalue weighted by Crippen LogP contribution is -2.51. The number of aromatic hydroxyl groups is 1. The maximum Gasteiger partial charge on any atom is 0.319 e. The van der Waals surface area contributed by atoms with Crippen molar-refractivity contribution in [2.75, 3.05) is 62.2 Å². The number of phenolic OH excluding ortho intramolecular Hbond substituents is 1. The number of aromatic nitrogens is 5. The van der Waals surface area contributed by atoms with E-state index in [0.717, 1.165) is 103 Å². The van der Waals surface area contributed by atoms with Crippen molar-refractivity contribution in [2.45, 2.75) is 115 Å². The van der Waals surface area contributed by atoms with Gasteiger partial charge in [-0.15, -0.1) is 11.3 Å². The zero-order valence-electron chi connectivity index (χ0n) is 44.9. The molecule has 2 unspecified atom stereocenters. The Morgan fingerprint density at radius 2 is 1.78 bits per heavy atom. The Balaban J connectivity index is 0.703. The highest BCUT2D eigenvalue weighted by molar-refractivity contribution is 7.13. The van der Waals surface area contributed by atoms with E-state index in [9.17, 15) is 19.8 Å². The monoisotopic (exact) mass is 1080 g/mol. The van der Waals surface area contributed by atoms with Crippen molar-refractivity contribution in [3.05, 3.63) is 101 Å². The van der Waals surface area contributed by atoms with Gasteiger partial charge in [0.15, 0.2) is 17.4 Å². The summed E-state index contributed by atoms with van der Waals surface area (Å²) >= 11 is 1.59. The molecule has 5 saturated heterocycles. The lowest BCUT2D eigenvalue weighted by atomic mass is 9.91. The predicted octanol–water partition coefficient (Wildman–Crippen LogP) is 8.17. The van der Waals surface area contributed by atoms with Crippen LogP contribution in [0.2, 0.25) is 0 Å². The number of nitrogens with one attached hydrogen (secondary N) is 2. The molecule has 8 atom stereocenters. The quantitative estimate of drug-likeness (QED) is 0.0766. The van der Waals surface area contributed by atoms with E-state index in [-0.39, 0.29) is 65.8 Å². The summed E-state index contributed by atoms with van der Waals surface area (Å²) in [6, 6.07) is 19.0. The molecule has 3 aromatic carbocycles. The van der Waals surface area contributed by atoms with Gasteiger partial charge in [0.05, 0.1) is 33.6 Å². The second-order valence-corrected chi connectivity index (χ2v) is 23.3. The lowest BCUT2D eigenvalue weighted by molar-refractivity contribution is -0.141. The number of piperidine rings is 1. The number of β-amino-alcohol motifs (C(OH)–C–C–N with tert-alkyl or cyclic N) is 1. The fourth-order valence-corrected chi connectivity index (χ4v) is 14.0. The van der Waals surface area contributed by atoms with E-state index in [1.807, 2.05) is 81.7 Å². The Kier molecular flexibility index (Phi) is 14.3. The van der Waals surface area contributed by atoms with Crippen LogP contribution < -0.4 is 25.2 Å². The number of phenols is 1. The standard InChI is InChI=1S/C59H68FN11O6S/c1-6-35-8-7-9-38-22-42(72)23-44(51(35)38)53-52(60)54-45(26-61-53)56(69-28-40-14-15-41(29-69)64-40)66-59(65-54)76-21-20-68-18-17-46-39(27-68)16-19-70(46)49-25-48(77-67-49)50(32(2)3)58(75)71-30-43(73)24-47(71)57(74)63-33(4)36-10-12-37(13-11-36)55-34(5)62-31-78-55/h7-13,22-23,25-26,31-33,39-41,43,46-47,50,64,72-73H,6,14-21,24,27-30H2,1-5H3,(H,63,74)/t33-,39-,40?,41?,43+,46+,47-,50-/m0/s1. The number of halogens is 1. The van der Waals surface area contributed by atoms with Crippen molar-refractivity contribution in [1.29, 1.82) is 0 Å². The fourth-order valence-electron chi connectivity index (χ4n) is 13.1.